The third kappa shape index (κ3) is 4.05. The fourth-order valence-corrected chi connectivity index (χ4v) is 4.20. The molecular formula is C18H25Cl2N3O. The van der Waals surface area contributed by atoms with Crippen molar-refractivity contribution in [2.45, 2.75) is 25.4 Å². The smallest absolute Gasteiger partial charge is 0.236 e. The van der Waals surface area contributed by atoms with Crippen molar-refractivity contribution in [3.63, 3.8) is 0 Å². The van der Waals surface area contributed by atoms with E-state index in [-0.39, 0.29) is 5.91 Å². The van der Waals surface area contributed by atoms with Gasteiger partial charge in [0, 0.05) is 46.3 Å². The maximum absolute atomic E-state index is 12.1. The van der Waals surface area contributed by atoms with Crippen LogP contribution in [0, 0.1) is 5.92 Å². The van der Waals surface area contributed by atoms with E-state index in [9.17, 15) is 4.79 Å². The molecule has 3 aliphatic heterocycles. The van der Waals surface area contributed by atoms with E-state index in [2.05, 4.69) is 15.9 Å². The van der Waals surface area contributed by atoms with Crippen molar-refractivity contribution in [3.8, 4) is 0 Å². The number of likely N-dealkylation sites (N-methyl/N-ethyl adjacent to an activating group) is 1. The summed E-state index contributed by atoms with van der Waals surface area (Å²) in [5, 5.41) is 1.28. The van der Waals surface area contributed by atoms with Gasteiger partial charge in [0.2, 0.25) is 5.91 Å². The van der Waals surface area contributed by atoms with Crippen molar-refractivity contribution in [2.75, 3.05) is 40.3 Å². The molecule has 6 heteroatoms. The molecule has 4 nitrogen and oxygen atoms in total. The van der Waals surface area contributed by atoms with Crippen molar-refractivity contribution in [3.05, 3.63) is 33.8 Å². The highest BCUT2D eigenvalue weighted by molar-refractivity contribution is 6.42. The molecule has 3 aliphatic rings. The molecule has 3 heterocycles. The van der Waals surface area contributed by atoms with Gasteiger partial charge in [0.15, 0.2) is 0 Å². The largest absolute Gasteiger partial charge is 0.348 e. The average Bonchev–Trinajstić information content (AvgIpc) is 2.82. The highest BCUT2D eigenvalue weighted by Crippen LogP contribution is 2.32. The molecule has 1 amide bonds. The molecule has 2 atom stereocenters. The first-order valence-electron chi connectivity index (χ1n) is 8.53. The Kier molecular flexibility index (Phi) is 5.70. The molecule has 0 N–H and O–H groups in total. The second kappa shape index (κ2) is 7.61. The van der Waals surface area contributed by atoms with E-state index >= 15 is 0 Å². The number of carbonyl (C=O) groups excluding carboxylic acids is 1. The lowest BCUT2D eigenvalue weighted by molar-refractivity contribution is -0.130. The van der Waals surface area contributed by atoms with Gasteiger partial charge in [-0.15, -0.1) is 0 Å². The number of benzene rings is 1. The number of rotatable bonds is 4. The SMILES string of the molecule is CN(C)C(=O)CN1C[C@H]2CC[C@@H](C1)N(Cc1cccc(Cl)c1Cl)C2. The summed E-state index contributed by atoms with van der Waals surface area (Å²) in [5.41, 5.74) is 1.09. The molecule has 0 spiro atoms. The normalized spacial score (nSPS) is 24.8. The quantitative estimate of drug-likeness (QED) is 0.815. The summed E-state index contributed by atoms with van der Waals surface area (Å²) in [5.74, 6) is 0.803. The van der Waals surface area contributed by atoms with E-state index in [0.29, 0.717) is 28.5 Å². The standard InChI is InChI=1S/C18H25Cl2N3O/c1-21(2)17(24)12-22-8-13-6-7-15(11-22)23(9-13)10-14-4-3-5-16(19)18(14)20/h3-5,13,15H,6-12H2,1-2H3/t13-,15+/m1/s1. The molecular weight excluding hydrogens is 345 g/mol. The first-order chi connectivity index (χ1) is 11.4. The minimum atomic E-state index is 0.181. The molecule has 24 heavy (non-hydrogen) atoms. The molecule has 1 aromatic carbocycles. The molecule has 1 aromatic rings. The Labute approximate surface area is 154 Å². The molecule has 0 aromatic heterocycles. The highest BCUT2D eigenvalue weighted by Gasteiger charge is 2.35. The average molecular weight is 370 g/mol. The van der Waals surface area contributed by atoms with Crippen LogP contribution < -0.4 is 0 Å². The molecule has 132 valence electrons. The van der Waals surface area contributed by atoms with Crippen LogP contribution in [0.4, 0.5) is 0 Å². The molecule has 0 radical (unpaired) electrons. The predicted octanol–water partition coefficient (Wildman–Crippen LogP) is 2.98. The van der Waals surface area contributed by atoms with Crippen molar-refractivity contribution < 1.29 is 4.79 Å². The number of carbonyl (C=O) groups is 1. The van der Waals surface area contributed by atoms with E-state index in [1.54, 1.807) is 4.90 Å². The molecule has 3 saturated heterocycles. The van der Waals surface area contributed by atoms with Crippen molar-refractivity contribution in [2.24, 2.45) is 5.92 Å². The van der Waals surface area contributed by atoms with Crippen LogP contribution in [0.25, 0.3) is 0 Å². The van der Waals surface area contributed by atoms with E-state index in [1.165, 1.54) is 12.8 Å². The first-order valence-corrected chi connectivity index (χ1v) is 9.29. The van der Waals surface area contributed by atoms with Crippen LogP contribution in [-0.2, 0) is 11.3 Å². The maximum atomic E-state index is 12.1. The van der Waals surface area contributed by atoms with Gasteiger partial charge < -0.3 is 4.90 Å². The van der Waals surface area contributed by atoms with Crippen molar-refractivity contribution >= 4 is 29.1 Å². The number of hydrogen-bond acceptors (Lipinski definition) is 3. The minimum absolute atomic E-state index is 0.181. The summed E-state index contributed by atoms with van der Waals surface area (Å²) in [7, 11) is 3.64. The van der Waals surface area contributed by atoms with Gasteiger partial charge in [0.25, 0.3) is 0 Å². The summed E-state index contributed by atoms with van der Waals surface area (Å²) < 4.78 is 0. The molecule has 0 unspecified atom stereocenters. The number of halogens is 2. The fraction of sp³-hybridized carbons (Fsp3) is 0.611. The fourth-order valence-electron chi connectivity index (χ4n) is 3.82. The lowest BCUT2D eigenvalue weighted by Gasteiger charge is -2.36. The topological polar surface area (TPSA) is 26.8 Å². The number of fused-ring (bicyclic) bond motifs is 4. The van der Waals surface area contributed by atoms with Crippen LogP contribution in [0.15, 0.2) is 18.2 Å². The van der Waals surface area contributed by atoms with E-state index in [1.807, 2.05) is 26.2 Å². The Hall–Kier alpha value is -0.810. The zero-order chi connectivity index (χ0) is 17.3. The van der Waals surface area contributed by atoms with Gasteiger partial charge in [-0.3, -0.25) is 14.6 Å². The monoisotopic (exact) mass is 369 g/mol. The van der Waals surface area contributed by atoms with Crippen LogP contribution in [0.1, 0.15) is 18.4 Å². The zero-order valence-electron chi connectivity index (χ0n) is 14.3. The van der Waals surface area contributed by atoms with Crippen LogP contribution >= 0.6 is 23.2 Å². The predicted molar refractivity (Wildman–Crippen MR) is 98.5 cm³/mol. The Morgan fingerprint density at radius 2 is 2.00 bits per heavy atom. The summed E-state index contributed by atoms with van der Waals surface area (Å²) in [6, 6.07) is 6.33. The summed E-state index contributed by atoms with van der Waals surface area (Å²) in [6.07, 6.45) is 2.44. The number of amides is 1. The maximum Gasteiger partial charge on any atom is 0.236 e. The van der Waals surface area contributed by atoms with E-state index < -0.39 is 0 Å². The lowest BCUT2D eigenvalue weighted by Crippen LogP contribution is -2.44. The zero-order valence-corrected chi connectivity index (χ0v) is 15.9. The highest BCUT2D eigenvalue weighted by atomic mass is 35.5. The van der Waals surface area contributed by atoms with Gasteiger partial charge in [0.1, 0.15) is 0 Å². The van der Waals surface area contributed by atoms with E-state index in [4.69, 9.17) is 23.2 Å². The molecule has 0 saturated carbocycles. The van der Waals surface area contributed by atoms with E-state index in [0.717, 1.165) is 31.7 Å². The molecule has 4 rings (SSSR count). The number of hydrogen-bond donors (Lipinski definition) is 0. The summed E-state index contributed by atoms with van der Waals surface area (Å²) >= 11 is 12.5. The van der Waals surface area contributed by atoms with Gasteiger partial charge in [-0.2, -0.15) is 0 Å². The minimum Gasteiger partial charge on any atom is -0.348 e. The Bertz CT molecular complexity index is 608. The lowest BCUT2D eigenvalue weighted by atomic mass is 9.94. The van der Waals surface area contributed by atoms with Crippen LogP contribution in [-0.4, -0.2) is 66.9 Å². The third-order valence-corrected chi connectivity index (χ3v) is 6.02. The van der Waals surface area contributed by atoms with Crippen molar-refractivity contribution in [1.82, 2.24) is 14.7 Å². The van der Waals surface area contributed by atoms with Gasteiger partial charge in [-0.1, -0.05) is 35.3 Å². The summed E-state index contributed by atoms with van der Waals surface area (Å²) in [6.45, 7) is 4.38. The first kappa shape index (κ1) is 18.0. The Balaban J connectivity index is 1.69. The van der Waals surface area contributed by atoms with Crippen molar-refractivity contribution in [1.29, 1.82) is 0 Å². The molecule has 3 fully saturated rings. The summed E-state index contributed by atoms with van der Waals surface area (Å²) in [4.78, 5) is 18.6. The Morgan fingerprint density at radius 3 is 2.75 bits per heavy atom. The number of nitrogens with zero attached hydrogens (tertiary/aromatic N) is 3. The van der Waals surface area contributed by atoms with Gasteiger partial charge in [0.05, 0.1) is 16.6 Å². The third-order valence-electron chi connectivity index (χ3n) is 5.17. The Morgan fingerprint density at radius 1 is 1.21 bits per heavy atom. The second-order valence-corrected chi connectivity index (χ2v) is 8.01. The van der Waals surface area contributed by atoms with Crippen LogP contribution in [0.5, 0.6) is 0 Å². The van der Waals surface area contributed by atoms with Crippen LogP contribution in [0.2, 0.25) is 10.0 Å². The molecule has 0 aliphatic carbocycles. The number of piperidine rings is 1. The van der Waals surface area contributed by atoms with Crippen LogP contribution in [0.3, 0.4) is 0 Å². The molecule has 2 bridgehead atoms. The van der Waals surface area contributed by atoms with Gasteiger partial charge in [-0.05, 0) is 30.4 Å². The van der Waals surface area contributed by atoms with Gasteiger partial charge >= 0.3 is 0 Å². The second-order valence-electron chi connectivity index (χ2n) is 7.22. The van der Waals surface area contributed by atoms with Gasteiger partial charge in [-0.25, -0.2) is 0 Å².